The minimum absolute atomic E-state index is 0.189. The largest absolute Gasteiger partial charge is 0.380 e. The maximum absolute atomic E-state index is 12.3. The lowest BCUT2D eigenvalue weighted by molar-refractivity contribution is -0.384. The molecule has 1 N–H and O–H groups in total. The summed E-state index contributed by atoms with van der Waals surface area (Å²) >= 11 is 0. The highest BCUT2D eigenvalue weighted by Crippen LogP contribution is 2.29. The van der Waals surface area contributed by atoms with Crippen molar-refractivity contribution >= 4 is 17.3 Å². The highest BCUT2D eigenvalue weighted by molar-refractivity contribution is 6.00. The number of nitro benzene ring substituents is 1. The van der Waals surface area contributed by atoms with Crippen LogP contribution in [0.3, 0.4) is 0 Å². The van der Waals surface area contributed by atoms with Crippen molar-refractivity contribution in [2.45, 2.75) is 13.3 Å². The molecule has 0 aromatic heterocycles. The average Bonchev–Trinajstić information content (AvgIpc) is 2.36. The van der Waals surface area contributed by atoms with Gasteiger partial charge in [0.2, 0.25) is 0 Å². The van der Waals surface area contributed by atoms with Crippen LogP contribution >= 0.6 is 0 Å². The van der Waals surface area contributed by atoms with E-state index in [1.165, 1.54) is 25.2 Å². The van der Waals surface area contributed by atoms with Gasteiger partial charge in [-0.15, -0.1) is 0 Å². The van der Waals surface area contributed by atoms with Gasteiger partial charge >= 0.3 is 5.69 Å². The molecule has 0 aliphatic rings. The Balaban J connectivity index is 3.20. The quantitative estimate of drug-likeness (QED) is 0.643. The molecule has 0 aliphatic heterocycles. The van der Waals surface area contributed by atoms with Crippen molar-refractivity contribution < 1.29 is 18.5 Å². The molecule has 1 rings (SSSR count). The average molecular weight is 287 g/mol. The monoisotopic (exact) mass is 287 g/mol. The van der Waals surface area contributed by atoms with Gasteiger partial charge in [-0.05, 0) is 19.1 Å². The number of benzene rings is 1. The second-order valence-electron chi connectivity index (χ2n) is 4.07. The first kappa shape index (κ1) is 15.8. The van der Waals surface area contributed by atoms with Crippen molar-refractivity contribution in [2.75, 3.05) is 25.5 Å². The lowest BCUT2D eigenvalue weighted by Gasteiger charge is -2.17. The first-order chi connectivity index (χ1) is 9.38. The van der Waals surface area contributed by atoms with Crippen LogP contribution in [-0.4, -0.2) is 42.3 Å². The lowest BCUT2D eigenvalue weighted by atomic mass is 10.1. The molecule has 1 aromatic rings. The second kappa shape index (κ2) is 6.78. The lowest BCUT2D eigenvalue weighted by Crippen LogP contribution is -2.31. The number of hydrogen-bond donors (Lipinski definition) is 1. The molecule has 0 bridgehead atoms. The van der Waals surface area contributed by atoms with E-state index in [0.717, 1.165) is 4.90 Å². The Morgan fingerprint density at radius 2 is 2.15 bits per heavy atom. The number of para-hydroxylation sites is 1. The van der Waals surface area contributed by atoms with E-state index in [9.17, 15) is 23.7 Å². The first-order valence-corrected chi connectivity index (χ1v) is 5.93. The Kier molecular flexibility index (Phi) is 5.36. The fourth-order valence-corrected chi connectivity index (χ4v) is 1.74. The van der Waals surface area contributed by atoms with Crippen molar-refractivity contribution in [3.8, 4) is 0 Å². The van der Waals surface area contributed by atoms with Crippen molar-refractivity contribution in [2.24, 2.45) is 0 Å². The molecule has 0 radical (unpaired) electrons. The van der Waals surface area contributed by atoms with E-state index in [4.69, 9.17) is 0 Å². The third-order valence-electron chi connectivity index (χ3n) is 2.57. The fraction of sp³-hybridized carbons (Fsp3) is 0.417. The van der Waals surface area contributed by atoms with E-state index in [2.05, 4.69) is 5.32 Å². The topological polar surface area (TPSA) is 75.5 Å². The molecule has 0 atom stereocenters. The molecule has 0 heterocycles. The number of carbonyl (C=O) groups is 1. The Bertz CT molecular complexity index is 509. The third-order valence-corrected chi connectivity index (χ3v) is 2.57. The first-order valence-electron chi connectivity index (χ1n) is 5.93. The second-order valence-corrected chi connectivity index (χ2v) is 4.07. The molecule has 20 heavy (non-hydrogen) atoms. The zero-order valence-electron chi connectivity index (χ0n) is 11.1. The van der Waals surface area contributed by atoms with E-state index in [-0.39, 0.29) is 11.3 Å². The van der Waals surface area contributed by atoms with Crippen molar-refractivity contribution in [3.63, 3.8) is 0 Å². The van der Waals surface area contributed by atoms with Crippen LogP contribution in [0, 0.1) is 10.1 Å². The summed E-state index contributed by atoms with van der Waals surface area (Å²) < 4.78 is 24.6. The summed E-state index contributed by atoms with van der Waals surface area (Å²) in [5, 5.41) is 13.9. The zero-order chi connectivity index (χ0) is 15.3. The number of anilines is 1. The molecule has 6 nitrogen and oxygen atoms in total. The smallest absolute Gasteiger partial charge is 0.305 e. The molecular weight excluding hydrogens is 272 g/mol. The van der Waals surface area contributed by atoms with Crippen molar-refractivity contribution in [3.05, 3.63) is 33.9 Å². The number of nitrogens with zero attached hydrogens (tertiary/aromatic N) is 2. The maximum atomic E-state index is 12.3. The molecule has 0 fully saturated rings. The summed E-state index contributed by atoms with van der Waals surface area (Å²) in [4.78, 5) is 23.2. The fourth-order valence-electron chi connectivity index (χ4n) is 1.74. The molecule has 0 spiro atoms. The molecule has 8 heteroatoms. The van der Waals surface area contributed by atoms with Gasteiger partial charge in [0.05, 0.1) is 11.5 Å². The van der Waals surface area contributed by atoms with E-state index < -0.39 is 29.5 Å². The molecule has 1 amide bonds. The Morgan fingerprint density at radius 1 is 1.50 bits per heavy atom. The summed E-state index contributed by atoms with van der Waals surface area (Å²) in [5.74, 6) is -0.809. The SMILES string of the molecule is CCNc1cccc(C(=O)N(C)CC(F)F)c1[N+](=O)[O-]. The van der Waals surface area contributed by atoms with Gasteiger partial charge in [0.25, 0.3) is 12.3 Å². The highest BCUT2D eigenvalue weighted by atomic mass is 19.3. The van der Waals surface area contributed by atoms with E-state index in [0.29, 0.717) is 6.54 Å². The zero-order valence-corrected chi connectivity index (χ0v) is 11.1. The van der Waals surface area contributed by atoms with Crippen LogP contribution in [0.25, 0.3) is 0 Å². The van der Waals surface area contributed by atoms with Gasteiger partial charge in [0.1, 0.15) is 11.3 Å². The Morgan fingerprint density at radius 3 is 2.65 bits per heavy atom. The summed E-state index contributed by atoms with van der Waals surface area (Å²) in [6, 6.07) is 4.18. The molecule has 0 aliphatic carbocycles. The highest BCUT2D eigenvalue weighted by Gasteiger charge is 2.27. The van der Waals surface area contributed by atoms with Gasteiger partial charge in [0.15, 0.2) is 0 Å². The van der Waals surface area contributed by atoms with E-state index >= 15 is 0 Å². The molecular formula is C12H15F2N3O3. The minimum Gasteiger partial charge on any atom is -0.380 e. The van der Waals surface area contributed by atoms with Gasteiger partial charge in [0, 0.05) is 13.6 Å². The number of amides is 1. The number of carbonyl (C=O) groups excluding carboxylic acids is 1. The Labute approximate surface area is 114 Å². The van der Waals surface area contributed by atoms with Crippen LogP contribution < -0.4 is 5.32 Å². The molecule has 0 unspecified atom stereocenters. The van der Waals surface area contributed by atoms with Crippen LogP contribution in [0.5, 0.6) is 0 Å². The van der Waals surface area contributed by atoms with Gasteiger partial charge < -0.3 is 10.2 Å². The molecule has 0 saturated heterocycles. The van der Waals surface area contributed by atoms with E-state index in [1.807, 2.05) is 0 Å². The van der Waals surface area contributed by atoms with Gasteiger partial charge in [-0.3, -0.25) is 14.9 Å². The number of nitrogens with one attached hydrogen (secondary N) is 1. The normalized spacial score (nSPS) is 10.4. The molecule has 110 valence electrons. The predicted octanol–water partition coefficient (Wildman–Crippen LogP) is 2.36. The van der Waals surface area contributed by atoms with Crippen molar-refractivity contribution in [1.82, 2.24) is 4.90 Å². The summed E-state index contributed by atoms with van der Waals surface area (Å²) in [7, 11) is 1.18. The van der Waals surface area contributed by atoms with Gasteiger partial charge in [-0.25, -0.2) is 8.78 Å². The third kappa shape index (κ3) is 3.62. The van der Waals surface area contributed by atoms with Crippen LogP contribution in [-0.2, 0) is 0 Å². The van der Waals surface area contributed by atoms with Crippen molar-refractivity contribution in [1.29, 1.82) is 0 Å². The molecule has 0 saturated carbocycles. The van der Waals surface area contributed by atoms with Gasteiger partial charge in [-0.2, -0.15) is 0 Å². The number of alkyl halides is 2. The van der Waals surface area contributed by atoms with Crippen LogP contribution in [0.15, 0.2) is 18.2 Å². The number of halogens is 2. The van der Waals surface area contributed by atoms with Gasteiger partial charge in [-0.1, -0.05) is 6.07 Å². The summed E-state index contributed by atoms with van der Waals surface area (Å²) in [6.45, 7) is 1.41. The predicted molar refractivity (Wildman–Crippen MR) is 70.2 cm³/mol. The molecule has 1 aromatic carbocycles. The van der Waals surface area contributed by atoms with Crippen LogP contribution in [0.2, 0.25) is 0 Å². The maximum Gasteiger partial charge on any atom is 0.305 e. The number of hydrogen-bond acceptors (Lipinski definition) is 4. The standard InChI is InChI=1S/C12H15F2N3O3/c1-3-15-9-6-4-5-8(11(9)17(19)20)12(18)16(2)7-10(13)14/h4-6,10,15H,3,7H2,1-2H3. The minimum atomic E-state index is -2.69. The van der Waals surface area contributed by atoms with E-state index in [1.54, 1.807) is 6.92 Å². The summed E-state index contributed by atoms with van der Waals surface area (Å²) in [5.41, 5.74) is -0.425. The number of rotatable bonds is 6. The number of nitro groups is 1. The van der Waals surface area contributed by atoms with Crippen LogP contribution in [0.4, 0.5) is 20.2 Å². The Hall–Kier alpha value is -2.25. The summed E-state index contributed by atoms with van der Waals surface area (Å²) in [6.07, 6.45) is -2.69. The van der Waals surface area contributed by atoms with Crippen LogP contribution in [0.1, 0.15) is 17.3 Å².